The Kier molecular flexibility index (Phi) is 6.25. The maximum atomic E-state index is 12.2. The average molecular weight is 365 g/mol. The lowest BCUT2D eigenvalue weighted by Crippen LogP contribution is -2.27. The third kappa shape index (κ3) is 5.17. The summed E-state index contributed by atoms with van der Waals surface area (Å²) in [4.78, 5) is 20.3. The first-order valence-corrected chi connectivity index (χ1v) is 8.74. The van der Waals surface area contributed by atoms with Gasteiger partial charge in [-0.3, -0.25) is 4.79 Å². The molecule has 2 aromatic rings. The largest absolute Gasteiger partial charge is 0.473 e. The van der Waals surface area contributed by atoms with Crippen LogP contribution in [0.3, 0.4) is 0 Å². The third-order valence-electron chi connectivity index (χ3n) is 3.95. The zero-order valence-corrected chi connectivity index (χ0v) is 14.6. The molecule has 0 bridgehead atoms. The summed E-state index contributed by atoms with van der Waals surface area (Å²) in [6, 6.07) is 1.59. The van der Waals surface area contributed by atoms with Gasteiger partial charge < -0.3 is 19.4 Å². The lowest BCUT2D eigenvalue weighted by atomic mass is 10.1. The highest BCUT2D eigenvalue weighted by molar-refractivity contribution is 6.32. The van der Waals surface area contributed by atoms with E-state index in [2.05, 4.69) is 15.3 Å². The number of aromatic nitrogens is 3. The van der Waals surface area contributed by atoms with Gasteiger partial charge in [-0.15, -0.1) is 0 Å². The Bertz CT molecular complexity index is 687. The van der Waals surface area contributed by atoms with Gasteiger partial charge in [-0.2, -0.15) is 0 Å². The minimum atomic E-state index is -0.197. The summed E-state index contributed by atoms with van der Waals surface area (Å²) in [6.07, 6.45) is 9.37. The van der Waals surface area contributed by atoms with Crippen LogP contribution >= 0.6 is 11.6 Å². The first kappa shape index (κ1) is 17.7. The highest BCUT2D eigenvalue weighted by Gasteiger charge is 2.18. The number of aryl methyl sites for hydroxylation is 1. The molecule has 0 radical (unpaired) electrons. The highest BCUT2D eigenvalue weighted by atomic mass is 35.5. The fourth-order valence-corrected chi connectivity index (χ4v) is 2.78. The van der Waals surface area contributed by atoms with Crippen molar-refractivity contribution in [2.75, 3.05) is 19.8 Å². The van der Waals surface area contributed by atoms with Gasteiger partial charge in [0.1, 0.15) is 11.1 Å². The maximum Gasteiger partial charge on any atom is 0.252 e. The maximum absolute atomic E-state index is 12.2. The van der Waals surface area contributed by atoms with E-state index in [1.807, 2.05) is 10.8 Å². The molecule has 1 N–H and O–H groups in total. The molecule has 2 aromatic heterocycles. The Hall–Kier alpha value is -2.12. The van der Waals surface area contributed by atoms with Crippen molar-refractivity contribution >= 4 is 17.5 Å². The predicted molar refractivity (Wildman–Crippen MR) is 92.9 cm³/mol. The fraction of sp³-hybridized carbons (Fsp3) is 0.471. The molecule has 0 unspecified atom stereocenters. The number of halogens is 1. The summed E-state index contributed by atoms with van der Waals surface area (Å²) in [7, 11) is 0. The first-order chi connectivity index (χ1) is 12.2. The van der Waals surface area contributed by atoms with Gasteiger partial charge >= 0.3 is 0 Å². The molecule has 1 saturated heterocycles. The molecule has 1 aliphatic heterocycles. The number of nitrogens with zero attached hydrogens (tertiary/aromatic N) is 3. The van der Waals surface area contributed by atoms with Crippen molar-refractivity contribution in [3.05, 3.63) is 41.6 Å². The molecule has 7 nitrogen and oxygen atoms in total. The molecule has 3 rings (SSSR count). The topological polar surface area (TPSA) is 78.3 Å². The molecule has 0 spiro atoms. The molecule has 0 saturated carbocycles. The van der Waals surface area contributed by atoms with Gasteiger partial charge in [0, 0.05) is 44.5 Å². The zero-order valence-electron chi connectivity index (χ0n) is 13.9. The van der Waals surface area contributed by atoms with Gasteiger partial charge in [-0.05, 0) is 12.5 Å². The number of carbonyl (C=O) groups is 1. The molecule has 134 valence electrons. The molecule has 1 fully saturated rings. The summed E-state index contributed by atoms with van der Waals surface area (Å²) >= 11 is 6.21. The molecule has 3 heterocycles. The standard InChI is InChI=1S/C17H21ClN4O3/c18-15-10-13(11-21-17(15)25-14-2-8-24-9-3-14)16(23)20-4-1-6-22-7-5-19-12-22/h5,7,10-12,14H,1-4,6,8-9H2,(H,20,23). The molecule has 1 amide bonds. The van der Waals surface area contributed by atoms with E-state index in [1.165, 1.54) is 6.20 Å². The van der Waals surface area contributed by atoms with Crippen molar-refractivity contribution in [1.82, 2.24) is 19.9 Å². The van der Waals surface area contributed by atoms with Crippen LogP contribution in [-0.2, 0) is 11.3 Å². The number of hydrogen-bond acceptors (Lipinski definition) is 5. The van der Waals surface area contributed by atoms with Crippen LogP contribution < -0.4 is 10.1 Å². The van der Waals surface area contributed by atoms with Crippen LogP contribution in [0, 0.1) is 0 Å². The van der Waals surface area contributed by atoms with E-state index < -0.39 is 0 Å². The number of nitrogens with one attached hydrogen (secondary N) is 1. The van der Waals surface area contributed by atoms with Crippen molar-refractivity contribution < 1.29 is 14.3 Å². The number of rotatable bonds is 7. The second-order valence-electron chi connectivity index (χ2n) is 5.85. The van der Waals surface area contributed by atoms with Crippen molar-refractivity contribution in [2.45, 2.75) is 31.9 Å². The normalized spacial score (nSPS) is 15.1. The molecule has 8 heteroatoms. The van der Waals surface area contributed by atoms with Crippen LogP contribution in [-0.4, -0.2) is 46.3 Å². The third-order valence-corrected chi connectivity index (χ3v) is 4.22. The minimum Gasteiger partial charge on any atom is -0.473 e. The summed E-state index contributed by atoms with van der Waals surface area (Å²) < 4.78 is 13.1. The highest BCUT2D eigenvalue weighted by Crippen LogP contribution is 2.25. The molecule has 0 aromatic carbocycles. The van der Waals surface area contributed by atoms with E-state index in [4.69, 9.17) is 21.1 Å². The Labute approximate surface area is 151 Å². The Balaban J connectivity index is 1.48. The van der Waals surface area contributed by atoms with Crippen molar-refractivity contribution in [2.24, 2.45) is 0 Å². The SMILES string of the molecule is O=C(NCCCn1ccnc1)c1cnc(OC2CCOCC2)c(Cl)c1. The molecule has 0 atom stereocenters. The van der Waals surface area contributed by atoms with Crippen LogP contribution in [0.5, 0.6) is 5.88 Å². The summed E-state index contributed by atoms with van der Waals surface area (Å²) in [5.41, 5.74) is 0.423. The van der Waals surface area contributed by atoms with Gasteiger partial charge in [0.15, 0.2) is 0 Å². The van der Waals surface area contributed by atoms with Crippen LogP contribution in [0.4, 0.5) is 0 Å². The average Bonchev–Trinajstić information content (AvgIpc) is 3.14. The second-order valence-corrected chi connectivity index (χ2v) is 6.26. The fourth-order valence-electron chi connectivity index (χ4n) is 2.57. The smallest absolute Gasteiger partial charge is 0.252 e. The second kappa shape index (κ2) is 8.82. The van der Waals surface area contributed by atoms with Gasteiger partial charge in [0.2, 0.25) is 5.88 Å². The van der Waals surface area contributed by atoms with Crippen LogP contribution in [0.15, 0.2) is 31.0 Å². The summed E-state index contributed by atoms with van der Waals surface area (Å²) in [5.74, 6) is 0.169. The zero-order chi connectivity index (χ0) is 17.5. The summed E-state index contributed by atoms with van der Waals surface area (Å²) in [5, 5.41) is 3.21. The van der Waals surface area contributed by atoms with Crippen molar-refractivity contribution in [1.29, 1.82) is 0 Å². The van der Waals surface area contributed by atoms with Gasteiger partial charge in [0.25, 0.3) is 5.91 Å². The molecule has 0 aliphatic carbocycles. The van der Waals surface area contributed by atoms with E-state index in [1.54, 1.807) is 18.6 Å². The number of carbonyl (C=O) groups excluding carboxylic acids is 1. The number of amides is 1. The van der Waals surface area contributed by atoms with Gasteiger partial charge in [0.05, 0.1) is 25.1 Å². The van der Waals surface area contributed by atoms with Gasteiger partial charge in [-0.1, -0.05) is 11.6 Å². The quantitative estimate of drug-likeness (QED) is 0.763. The first-order valence-electron chi connectivity index (χ1n) is 8.36. The van der Waals surface area contributed by atoms with E-state index in [0.29, 0.717) is 36.2 Å². The molecule has 25 heavy (non-hydrogen) atoms. The lowest BCUT2D eigenvalue weighted by Gasteiger charge is -2.23. The van der Waals surface area contributed by atoms with E-state index >= 15 is 0 Å². The van der Waals surface area contributed by atoms with Gasteiger partial charge in [-0.25, -0.2) is 9.97 Å². The monoisotopic (exact) mass is 364 g/mol. The number of pyridine rings is 1. The van der Waals surface area contributed by atoms with Crippen molar-refractivity contribution in [3.63, 3.8) is 0 Å². The molecular formula is C17H21ClN4O3. The van der Waals surface area contributed by atoms with E-state index in [-0.39, 0.29) is 12.0 Å². The van der Waals surface area contributed by atoms with Crippen LogP contribution in [0.25, 0.3) is 0 Å². The Morgan fingerprint density at radius 1 is 1.44 bits per heavy atom. The number of hydrogen-bond donors (Lipinski definition) is 1. The van der Waals surface area contributed by atoms with Crippen molar-refractivity contribution in [3.8, 4) is 5.88 Å². The Morgan fingerprint density at radius 3 is 3.00 bits per heavy atom. The summed E-state index contributed by atoms with van der Waals surface area (Å²) in [6.45, 7) is 2.73. The van der Waals surface area contributed by atoms with E-state index in [0.717, 1.165) is 25.8 Å². The van der Waals surface area contributed by atoms with E-state index in [9.17, 15) is 4.79 Å². The minimum absolute atomic E-state index is 0.0570. The predicted octanol–water partition coefficient (Wildman–Crippen LogP) is 2.31. The van der Waals surface area contributed by atoms with Crippen LogP contribution in [0.1, 0.15) is 29.6 Å². The lowest BCUT2D eigenvalue weighted by molar-refractivity contribution is 0.0238. The number of ether oxygens (including phenoxy) is 2. The van der Waals surface area contributed by atoms with Crippen LogP contribution in [0.2, 0.25) is 5.02 Å². The molecule has 1 aliphatic rings. The molecular weight excluding hydrogens is 344 g/mol. The number of imidazole rings is 1. The Morgan fingerprint density at radius 2 is 2.28 bits per heavy atom.